The lowest BCUT2D eigenvalue weighted by molar-refractivity contribution is 0.663. The molecule has 0 N–H and O–H groups in total. The Bertz CT molecular complexity index is 244. The van der Waals surface area contributed by atoms with Crippen molar-refractivity contribution in [2.45, 2.75) is 26.7 Å². The molecule has 1 rings (SSSR count). The first kappa shape index (κ1) is 10.0. The molecule has 0 saturated carbocycles. The van der Waals surface area contributed by atoms with Gasteiger partial charge in [-0.15, -0.1) is 0 Å². The highest BCUT2D eigenvalue weighted by atomic mass is 13.9. The van der Waals surface area contributed by atoms with Gasteiger partial charge in [-0.3, -0.25) is 0 Å². The van der Waals surface area contributed by atoms with Crippen molar-refractivity contribution in [3.63, 3.8) is 0 Å². The quantitative estimate of drug-likeness (QED) is 0.608. The minimum Gasteiger partial charge on any atom is -0.0880 e. The molecule has 0 aliphatic carbocycles. The van der Waals surface area contributed by atoms with Gasteiger partial charge in [-0.1, -0.05) is 56.3 Å². The van der Waals surface area contributed by atoms with Crippen LogP contribution in [-0.2, 0) is 6.42 Å². The zero-order valence-corrected chi connectivity index (χ0v) is 8.53. The fourth-order valence-corrected chi connectivity index (χ4v) is 1.20. The Kier molecular flexibility index (Phi) is 4.31. The SMILES string of the molecule is CC(C)CC=CCc1ccccc1. The van der Waals surface area contributed by atoms with E-state index >= 15 is 0 Å². The predicted molar refractivity (Wildman–Crippen MR) is 58.7 cm³/mol. The van der Waals surface area contributed by atoms with Crippen molar-refractivity contribution < 1.29 is 0 Å². The number of hydrogen-bond acceptors (Lipinski definition) is 0. The van der Waals surface area contributed by atoms with Crippen LogP contribution in [0.5, 0.6) is 0 Å². The van der Waals surface area contributed by atoms with Crippen LogP contribution in [0.4, 0.5) is 0 Å². The molecule has 0 amide bonds. The van der Waals surface area contributed by atoms with Gasteiger partial charge in [0, 0.05) is 0 Å². The minimum absolute atomic E-state index is 0.770. The molecule has 0 nitrogen and oxygen atoms in total. The minimum atomic E-state index is 0.770. The summed E-state index contributed by atoms with van der Waals surface area (Å²) in [6.07, 6.45) is 6.79. The molecule has 0 unspecified atom stereocenters. The molecule has 0 aliphatic rings. The van der Waals surface area contributed by atoms with Crippen LogP contribution in [-0.4, -0.2) is 0 Å². The standard InChI is InChI=1S/C13H18/c1-12(2)8-6-7-11-13-9-4-3-5-10-13/h3-7,9-10,12H,8,11H2,1-2H3. The van der Waals surface area contributed by atoms with Gasteiger partial charge in [0.05, 0.1) is 0 Å². The highest BCUT2D eigenvalue weighted by molar-refractivity contribution is 5.17. The van der Waals surface area contributed by atoms with E-state index in [1.807, 2.05) is 0 Å². The lowest BCUT2D eigenvalue weighted by Gasteiger charge is -1.97. The monoisotopic (exact) mass is 174 g/mol. The highest BCUT2D eigenvalue weighted by Gasteiger charge is 1.88. The predicted octanol–water partition coefficient (Wildman–Crippen LogP) is 3.83. The molecule has 13 heavy (non-hydrogen) atoms. The van der Waals surface area contributed by atoms with Gasteiger partial charge in [-0.25, -0.2) is 0 Å². The molecule has 0 heterocycles. The Labute approximate surface area is 81.3 Å². The lowest BCUT2D eigenvalue weighted by Crippen LogP contribution is -1.83. The summed E-state index contributed by atoms with van der Waals surface area (Å²) in [4.78, 5) is 0. The van der Waals surface area contributed by atoms with Gasteiger partial charge < -0.3 is 0 Å². The maximum atomic E-state index is 2.28. The van der Waals surface area contributed by atoms with Crippen molar-refractivity contribution in [2.24, 2.45) is 5.92 Å². The van der Waals surface area contributed by atoms with Crippen molar-refractivity contribution >= 4 is 0 Å². The van der Waals surface area contributed by atoms with Crippen LogP contribution in [0.15, 0.2) is 42.5 Å². The van der Waals surface area contributed by atoms with E-state index in [9.17, 15) is 0 Å². The van der Waals surface area contributed by atoms with Crippen LogP contribution < -0.4 is 0 Å². The molecule has 0 bridgehead atoms. The molecular formula is C13H18. The van der Waals surface area contributed by atoms with E-state index in [1.165, 1.54) is 12.0 Å². The van der Waals surface area contributed by atoms with E-state index in [4.69, 9.17) is 0 Å². The van der Waals surface area contributed by atoms with E-state index in [0.717, 1.165) is 12.3 Å². The molecule has 1 aromatic carbocycles. The first-order valence-electron chi connectivity index (χ1n) is 4.98. The van der Waals surface area contributed by atoms with E-state index in [2.05, 4.69) is 56.3 Å². The summed E-state index contributed by atoms with van der Waals surface area (Å²) < 4.78 is 0. The van der Waals surface area contributed by atoms with Crippen LogP contribution in [0.1, 0.15) is 25.8 Å². The van der Waals surface area contributed by atoms with Crippen molar-refractivity contribution in [1.82, 2.24) is 0 Å². The second kappa shape index (κ2) is 5.58. The molecule has 1 aromatic rings. The Morgan fingerprint density at radius 3 is 2.38 bits per heavy atom. The number of benzene rings is 1. The summed E-state index contributed by atoms with van der Waals surface area (Å²) in [6.45, 7) is 4.49. The summed E-state index contributed by atoms with van der Waals surface area (Å²) in [6, 6.07) is 10.6. The molecular weight excluding hydrogens is 156 g/mol. The molecule has 0 spiro atoms. The highest BCUT2D eigenvalue weighted by Crippen LogP contribution is 2.03. The number of hydrogen-bond donors (Lipinski definition) is 0. The van der Waals surface area contributed by atoms with Gasteiger partial charge in [-0.05, 0) is 24.3 Å². The fraction of sp³-hybridized carbons (Fsp3) is 0.385. The molecule has 0 aliphatic heterocycles. The third kappa shape index (κ3) is 4.51. The summed E-state index contributed by atoms with van der Waals surface area (Å²) in [5.41, 5.74) is 1.39. The van der Waals surface area contributed by atoms with Crippen LogP contribution >= 0.6 is 0 Å². The van der Waals surface area contributed by atoms with Crippen molar-refractivity contribution in [3.05, 3.63) is 48.0 Å². The van der Waals surface area contributed by atoms with Gasteiger partial charge in [0.1, 0.15) is 0 Å². The van der Waals surface area contributed by atoms with E-state index in [-0.39, 0.29) is 0 Å². The van der Waals surface area contributed by atoms with Crippen molar-refractivity contribution in [1.29, 1.82) is 0 Å². The second-order valence-electron chi connectivity index (χ2n) is 3.79. The van der Waals surface area contributed by atoms with Gasteiger partial charge in [0.15, 0.2) is 0 Å². The van der Waals surface area contributed by atoms with Gasteiger partial charge in [0.2, 0.25) is 0 Å². The van der Waals surface area contributed by atoms with E-state index in [0.29, 0.717) is 0 Å². The second-order valence-corrected chi connectivity index (χ2v) is 3.79. The first-order chi connectivity index (χ1) is 6.29. The van der Waals surface area contributed by atoms with Crippen molar-refractivity contribution in [2.75, 3.05) is 0 Å². The third-order valence-electron chi connectivity index (χ3n) is 1.97. The average molecular weight is 174 g/mol. The van der Waals surface area contributed by atoms with Crippen LogP contribution in [0, 0.1) is 5.92 Å². The van der Waals surface area contributed by atoms with Gasteiger partial charge in [0.25, 0.3) is 0 Å². The average Bonchev–Trinajstić information content (AvgIpc) is 2.14. The summed E-state index contributed by atoms with van der Waals surface area (Å²) in [5, 5.41) is 0. The smallest absolute Gasteiger partial charge is 0.00975 e. The zero-order valence-electron chi connectivity index (χ0n) is 8.53. The normalized spacial score (nSPS) is 11.3. The molecule has 0 radical (unpaired) electrons. The summed E-state index contributed by atoms with van der Waals surface area (Å²) in [7, 11) is 0. The number of allylic oxidation sites excluding steroid dienone is 2. The van der Waals surface area contributed by atoms with Gasteiger partial charge >= 0.3 is 0 Å². The van der Waals surface area contributed by atoms with Crippen LogP contribution in [0.25, 0.3) is 0 Å². The Hall–Kier alpha value is -1.04. The van der Waals surface area contributed by atoms with E-state index < -0.39 is 0 Å². The topological polar surface area (TPSA) is 0 Å². The number of rotatable bonds is 4. The Balaban J connectivity index is 2.31. The Morgan fingerprint density at radius 1 is 1.08 bits per heavy atom. The van der Waals surface area contributed by atoms with E-state index in [1.54, 1.807) is 0 Å². The zero-order chi connectivity index (χ0) is 9.52. The molecule has 0 aromatic heterocycles. The fourth-order valence-electron chi connectivity index (χ4n) is 1.20. The summed E-state index contributed by atoms with van der Waals surface area (Å²) in [5.74, 6) is 0.770. The van der Waals surface area contributed by atoms with Crippen LogP contribution in [0.3, 0.4) is 0 Å². The Morgan fingerprint density at radius 2 is 1.77 bits per heavy atom. The van der Waals surface area contributed by atoms with Gasteiger partial charge in [-0.2, -0.15) is 0 Å². The molecule has 0 atom stereocenters. The summed E-state index contributed by atoms with van der Waals surface area (Å²) >= 11 is 0. The molecule has 0 heteroatoms. The molecule has 0 saturated heterocycles. The lowest BCUT2D eigenvalue weighted by atomic mass is 10.1. The maximum absolute atomic E-state index is 2.28. The molecule has 0 fully saturated rings. The first-order valence-corrected chi connectivity index (χ1v) is 4.98. The van der Waals surface area contributed by atoms with Crippen LogP contribution in [0.2, 0.25) is 0 Å². The van der Waals surface area contributed by atoms with Crippen molar-refractivity contribution in [3.8, 4) is 0 Å². The third-order valence-corrected chi connectivity index (χ3v) is 1.97. The largest absolute Gasteiger partial charge is 0.0880 e. The maximum Gasteiger partial charge on any atom is -0.00975 e. The molecule has 70 valence electrons.